The van der Waals surface area contributed by atoms with Gasteiger partial charge in [0.15, 0.2) is 0 Å². The zero-order chi connectivity index (χ0) is 12.6. The molecule has 2 unspecified atom stereocenters. The summed E-state index contributed by atoms with van der Waals surface area (Å²) >= 11 is 13.0. The Morgan fingerprint density at radius 1 is 1.59 bits per heavy atom. The molecule has 1 aromatic rings. The average molecular weight is 294 g/mol. The molecule has 1 aromatic heterocycles. The summed E-state index contributed by atoms with van der Waals surface area (Å²) in [5.74, 6) is -0.00233. The SMILES string of the molecule is CC1CN(C(=O)c2cc(Cl)sc2Cl)CCC1O. The number of likely N-dealkylation sites (tertiary alicyclic amines) is 1. The number of thiophene rings is 1. The minimum absolute atomic E-state index is 0.0978. The number of carbonyl (C=O) groups excluding carboxylic acids is 1. The summed E-state index contributed by atoms with van der Waals surface area (Å²) in [6.45, 7) is 3.06. The lowest BCUT2D eigenvalue weighted by Gasteiger charge is -2.34. The van der Waals surface area contributed by atoms with Crippen LogP contribution in [0.15, 0.2) is 6.07 Å². The summed E-state index contributed by atoms with van der Waals surface area (Å²) < 4.78 is 0.946. The number of hydrogen-bond acceptors (Lipinski definition) is 3. The summed E-state index contributed by atoms with van der Waals surface area (Å²) in [5.41, 5.74) is 0.463. The molecule has 17 heavy (non-hydrogen) atoms. The fraction of sp³-hybridized carbons (Fsp3) is 0.545. The van der Waals surface area contributed by atoms with E-state index in [9.17, 15) is 9.90 Å². The maximum Gasteiger partial charge on any atom is 0.256 e. The van der Waals surface area contributed by atoms with Crippen molar-refractivity contribution in [2.24, 2.45) is 5.92 Å². The molecule has 1 amide bonds. The molecule has 3 nitrogen and oxygen atoms in total. The average Bonchev–Trinajstić information content (AvgIpc) is 2.61. The monoisotopic (exact) mass is 293 g/mol. The minimum atomic E-state index is -0.319. The number of aliphatic hydroxyl groups excluding tert-OH is 1. The number of piperidine rings is 1. The first-order chi connectivity index (χ1) is 7.99. The van der Waals surface area contributed by atoms with Crippen LogP contribution in [0.4, 0.5) is 0 Å². The largest absolute Gasteiger partial charge is 0.393 e. The molecule has 0 bridgehead atoms. The van der Waals surface area contributed by atoms with Crippen molar-refractivity contribution in [3.63, 3.8) is 0 Å². The van der Waals surface area contributed by atoms with Crippen molar-refractivity contribution in [1.29, 1.82) is 0 Å². The summed E-state index contributed by atoms with van der Waals surface area (Å²) in [5, 5.41) is 9.62. The third-order valence-electron chi connectivity index (χ3n) is 3.03. The Hall–Kier alpha value is -0.290. The van der Waals surface area contributed by atoms with Gasteiger partial charge in [0, 0.05) is 13.1 Å². The van der Waals surface area contributed by atoms with Gasteiger partial charge in [-0.3, -0.25) is 4.79 Å². The van der Waals surface area contributed by atoms with Crippen molar-refractivity contribution in [1.82, 2.24) is 4.90 Å². The van der Waals surface area contributed by atoms with Crippen LogP contribution in [-0.2, 0) is 0 Å². The van der Waals surface area contributed by atoms with E-state index in [2.05, 4.69) is 0 Å². The number of halogens is 2. The molecule has 0 spiro atoms. The number of rotatable bonds is 1. The van der Waals surface area contributed by atoms with E-state index < -0.39 is 0 Å². The van der Waals surface area contributed by atoms with Crippen molar-refractivity contribution in [2.45, 2.75) is 19.4 Å². The maximum absolute atomic E-state index is 12.2. The topological polar surface area (TPSA) is 40.5 Å². The summed E-state index contributed by atoms with van der Waals surface area (Å²) in [4.78, 5) is 13.9. The molecule has 1 N–H and O–H groups in total. The Bertz CT molecular complexity index is 435. The Morgan fingerprint density at radius 2 is 2.29 bits per heavy atom. The molecule has 6 heteroatoms. The Labute approximate surface area is 114 Å². The minimum Gasteiger partial charge on any atom is -0.393 e. The summed E-state index contributed by atoms with van der Waals surface area (Å²) in [7, 11) is 0. The molecule has 2 heterocycles. The number of nitrogens with zero attached hydrogens (tertiary/aromatic N) is 1. The molecule has 1 aliphatic rings. The lowest BCUT2D eigenvalue weighted by molar-refractivity contribution is 0.0298. The van der Waals surface area contributed by atoms with E-state index in [4.69, 9.17) is 23.2 Å². The molecule has 1 aliphatic heterocycles. The fourth-order valence-corrected chi connectivity index (χ4v) is 3.42. The van der Waals surface area contributed by atoms with Crippen molar-refractivity contribution in [3.8, 4) is 0 Å². The van der Waals surface area contributed by atoms with Gasteiger partial charge in [0.2, 0.25) is 0 Å². The third-order valence-corrected chi connectivity index (χ3v) is 4.52. The van der Waals surface area contributed by atoms with E-state index in [1.165, 1.54) is 11.3 Å². The molecule has 0 radical (unpaired) electrons. The van der Waals surface area contributed by atoms with E-state index in [0.717, 1.165) is 0 Å². The van der Waals surface area contributed by atoms with Crippen molar-refractivity contribution >= 4 is 40.4 Å². The first-order valence-corrected chi connectivity index (χ1v) is 6.98. The first-order valence-electron chi connectivity index (χ1n) is 5.41. The van der Waals surface area contributed by atoms with Gasteiger partial charge in [0.1, 0.15) is 4.34 Å². The zero-order valence-corrected chi connectivity index (χ0v) is 11.6. The third kappa shape index (κ3) is 2.76. The van der Waals surface area contributed by atoms with Gasteiger partial charge in [0.05, 0.1) is 16.0 Å². The number of carbonyl (C=O) groups is 1. The van der Waals surface area contributed by atoms with Crippen LogP contribution in [0.5, 0.6) is 0 Å². The lowest BCUT2D eigenvalue weighted by atomic mass is 9.96. The van der Waals surface area contributed by atoms with Crippen LogP contribution < -0.4 is 0 Å². The fourth-order valence-electron chi connectivity index (χ4n) is 1.97. The first kappa shape index (κ1) is 13.1. The van der Waals surface area contributed by atoms with Crippen molar-refractivity contribution < 1.29 is 9.90 Å². The molecule has 94 valence electrons. The van der Waals surface area contributed by atoms with Gasteiger partial charge in [0.25, 0.3) is 5.91 Å². The van der Waals surface area contributed by atoms with Gasteiger partial charge in [-0.1, -0.05) is 30.1 Å². The van der Waals surface area contributed by atoms with Crippen molar-refractivity contribution in [2.75, 3.05) is 13.1 Å². The molecule has 2 atom stereocenters. The van der Waals surface area contributed by atoms with Gasteiger partial charge in [-0.2, -0.15) is 0 Å². The number of hydrogen-bond donors (Lipinski definition) is 1. The molecule has 0 aromatic carbocycles. The summed E-state index contributed by atoms with van der Waals surface area (Å²) in [6.07, 6.45) is 0.295. The highest BCUT2D eigenvalue weighted by atomic mass is 35.5. The molecular formula is C11H13Cl2NO2S. The molecule has 1 saturated heterocycles. The van der Waals surface area contributed by atoms with Crippen LogP contribution in [0, 0.1) is 5.92 Å². The molecule has 0 saturated carbocycles. The van der Waals surface area contributed by atoms with E-state index in [0.29, 0.717) is 33.7 Å². The molecule has 0 aliphatic carbocycles. The van der Waals surface area contributed by atoms with E-state index in [1.54, 1.807) is 11.0 Å². The van der Waals surface area contributed by atoms with Gasteiger partial charge >= 0.3 is 0 Å². The van der Waals surface area contributed by atoms with Crippen LogP contribution in [0.25, 0.3) is 0 Å². The van der Waals surface area contributed by atoms with Gasteiger partial charge < -0.3 is 10.0 Å². The quantitative estimate of drug-likeness (QED) is 0.865. The normalized spacial score (nSPS) is 25.1. The van der Waals surface area contributed by atoms with Gasteiger partial charge in [-0.25, -0.2) is 0 Å². The Morgan fingerprint density at radius 3 is 2.82 bits per heavy atom. The van der Waals surface area contributed by atoms with E-state index >= 15 is 0 Å². The van der Waals surface area contributed by atoms with E-state index in [1.807, 2.05) is 6.92 Å². The Balaban J connectivity index is 2.13. The second kappa shape index (κ2) is 5.14. The van der Waals surface area contributed by atoms with Crippen LogP contribution in [0.1, 0.15) is 23.7 Å². The second-order valence-corrected chi connectivity index (χ2v) is 6.61. The molecule has 1 fully saturated rings. The van der Waals surface area contributed by atoms with Crippen molar-refractivity contribution in [3.05, 3.63) is 20.3 Å². The van der Waals surface area contributed by atoms with Crippen LogP contribution in [0.3, 0.4) is 0 Å². The molecule has 2 rings (SSSR count). The maximum atomic E-state index is 12.2. The highest BCUT2D eigenvalue weighted by Gasteiger charge is 2.29. The standard InChI is InChI=1S/C11H13Cl2NO2S/c1-6-5-14(3-2-8(6)15)11(16)7-4-9(12)17-10(7)13/h4,6,8,15H,2-3,5H2,1H3. The zero-order valence-electron chi connectivity index (χ0n) is 9.32. The second-order valence-electron chi connectivity index (χ2n) is 4.32. The van der Waals surface area contributed by atoms with E-state index in [-0.39, 0.29) is 17.9 Å². The summed E-state index contributed by atoms with van der Waals surface area (Å²) in [6, 6.07) is 1.60. The van der Waals surface area contributed by atoms with Crippen LogP contribution >= 0.6 is 34.5 Å². The lowest BCUT2D eigenvalue weighted by Crippen LogP contribution is -2.44. The molecular weight excluding hydrogens is 281 g/mol. The van der Waals surface area contributed by atoms with Crippen LogP contribution in [-0.4, -0.2) is 35.1 Å². The van der Waals surface area contributed by atoms with Gasteiger partial charge in [-0.05, 0) is 18.4 Å². The highest BCUT2D eigenvalue weighted by molar-refractivity contribution is 7.20. The Kier molecular flexibility index (Phi) is 3.98. The smallest absolute Gasteiger partial charge is 0.256 e. The highest BCUT2D eigenvalue weighted by Crippen LogP contribution is 2.32. The number of aliphatic hydroxyl groups is 1. The predicted molar refractivity (Wildman–Crippen MR) is 70.0 cm³/mol. The predicted octanol–water partition coefficient (Wildman–Crippen LogP) is 2.90. The van der Waals surface area contributed by atoms with Crippen LogP contribution in [0.2, 0.25) is 8.67 Å². The van der Waals surface area contributed by atoms with Gasteiger partial charge in [-0.15, -0.1) is 11.3 Å². The number of amides is 1.